The molecule has 0 saturated heterocycles. The fourth-order valence-corrected chi connectivity index (χ4v) is 0.281. The van der Waals surface area contributed by atoms with Crippen molar-refractivity contribution in [3.63, 3.8) is 0 Å². The minimum Gasteiger partial charge on any atom is -0.370 e. The molecule has 0 amide bonds. The lowest BCUT2D eigenvalue weighted by atomic mass is 10.8. The molecule has 0 atom stereocenters. The van der Waals surface area contributed by atoms with Crippen LogP contribution in [0.3, 0.4) is 0 Å². The third kappa shape index (κ3) is 4.56. The summed E-state index contributed by atoms with van der Waals surface area (Å²) in [6, 6.07) is 0. The van der Waals surface area contributed by atoms with E-state index < -0.39 is 0 Å². The Hall–Kier alpha value is -1.30. The van der Waals surface area contributed by atoms with Gasteiger partial charge in [-0.05, 0) is 0 Å². The Morgan fingerprint density at radius 2 is 2.00 bits per heavy atom. The molecule has 0 aromatic carbocycles. The zero-order chi connectivity index (χ0) is 7.28. The van der Waals surface area contributed by atoms with Crippen LogP contribution in [0.5, 0.6) is 0 Å². The van der Waals surface area contributed by atoms with E-state index in [1.54, 1.807) is 0 Å². The van der Waals surface area contributed by atoms with E-state index in [0.717, 1.165) is 0 Å². The maximum absolute atomic E-state index is 6.90. The second-order valence-corrected chi connectivity index (χ2v) is 1.29. The van der Waals surface area contributed by atoms with E-state index in [2.05, 4.69) is 10.6 Å². The van der Waals surface area contributed by atoms with Crippen molar-refractivity contribution in [3.05, 3.63) is 0 Å². The summed E-state index contributed by atoms with van der Waals surface area (Å²) in [5, 5.41) is 18.1. The van der Waals surface area contributed by atoms with Gasteiger partial charge in [0, 0.05) is 0 Å². The van der Waals surface area contributed by atoms with E-state index in [0.29, 0.717) is 0 Å². The van der Waals surface area contributed by atoms with Crippen LogP contribution in [0.1, 0.15) is 0 Å². The van der Waals surface area contributed by atoms with Gasteiger partial charge < -0.3 is 16.8 Å². The SMILES string of the molecule is N=C(N)NC(=N)NCN. The lowest BCUT2D eigenvalue weighted by Gasteiger charge is -2.04. The molecule has 0 unspecified atom stereocenters. The van der Waals surface area contributed by atoms with E-state index in [1.807, 2.05) is 0 Å². The van der Waals surface area contributed by atoms with Gasteiger partial charge in [-0.15, -0.1) is 0 Å². The number of nitrogens with two attached hydrogens (primary N) is 2. The summed E-state index contributed by atoms with van der Waals surface area (Å²) in [7, 11) is 0. The minimum atomic E-state index is -0.277. The average molecular weight is 130 g/mol. The maximum Gasteiger partial charge on any atom is 0.196 e. The molecule has 0 spiro atoms. The Balaban J connectivity index is 3.39. The van der Waals surface area contributed by atoms with Crippen molar-refractivity contribution in [1.29, 1.82) is 10.8 Å². The fraction of sp³-hybridized carbons (Fsp3) is 0.333. The zero-order valence-electron chi connectivity index (χ0n) is 4.86. The normalized spacial score (nSPS) is 8.11. The smallest absolute Gasteiger partial charge is 0.196 e. The number of nitrogens with one attached hydrogen (secondary N) is 4. The highest BCUT2D eigenvalue weighted by molar-refractivity contribution is 5.94. The van der Waals surface area contributed by atoms with Crippen LogP contribution < -0.4 is 22.1 Å². The van der Waals surface area contributed by atoms with Crippen LogP contribution in [0.4, 0.5) is 0 Å². The molecule has 0 heterocycles. The molecular formula is C3H10N6. The van der Waals surface area contributed by atoms with Crippen LogP contribution in [0.2, 0.25) is 0 Å². The van der Waals surface area contributed by atoms with Crippen molar-refractivity contribution in [2.45, 2.75) is 0 Å². The molecule has 0 aliphatic heterocycles. The number of rotatable bonds is 1. The average Bonchev–Trinajstić information content (AvgIpc) is 1.63. The zero-order valence-corrected chi connectivity index (χ0v) is 4.86. The van der Waals surface area contributed by atoms with Crippen LogP contribution in [-0.2, 0) is 0 Å². The molecular weight excluding hydrogens is 120 g/mol. The monoisotopic (exact) mass is 130 g/mol. The van der Waals surface area contributed by atoms with Gasteiger partial charge in [0.2, 0.25) is 0 Å². The summed E-state index contributed by atoms with van der Waals surface area (Å²) in [6.07, 6.45) is 0. The highest BCUT2D eigenvalue weighted by Gasteiger charge is 1.90. The largest absolute Gasteiger partial charge is 0.370 e. The van der Waals surface area contributed by atoms with E-state index >= 15 is 0 Å². The number of hydrogen-bond acceptors (Lipinski definition) is 3. The molecule has 0 saturated carbocycles. The molecule has 0 bridgehead atoms. The molecule has 0 aromatic heterocycles. The van der Waals surface area contributed by atoms with Gasteiger partial charge in [0.1, 0.15) is 0 Å². The van der Waals surface area contributed by atoms with Crippen LogP contribution in [-0.4, -0.2) is 18.6 Å². The summed E-state index contributed by atoms with van der Waals surface area (Å²) in [5.41, 5.74) is 9.88. The van der Waals surface area contributed by atoms with Crippen molar-refractivity contribution in [1.82, 2.24) is 10.6 Å². The Kier molecular flexibility index (Phi) is 3.14. The quantitative estimate of drug-likeness (QED) is 0.138. The third-order valence-corrected chi connectivity index (χ3v) is 0.539. The first-order valence-corrected chi connectivity index (χ1v) is 2.30. The van der Waals surface area contributed by atoms with Gasteiger partial charge in [-0.2, -0.15) is 0 Å². The first-order chi connectivity index (χ1) is 4.16. The van der Waals surface area contributed by atoms with Crippen molar-refractivity contribution < 1.29 is 0 Å². The molecule has 6 heteroatoms. The summed E-state index contributed by atoms with van der Waals surface area (Å²) >= 11 is 0. The predicted octanol–water partition coefficient (Wildman–Crippen LogP) is -2.09. The first-order valence-electron chi connectivity index (χ1n) is 2.30. The van der Waals surface area contributed by atoms with Gasteiger partial charge in [0.25, 0.3) is 0 Å². The first kappa shape index (κ1) is 7.70. The van der Waals surface area contributed by atoms with Gasteiger partial charge in [0.05, 0.1) is 6.67 Å². The van der Waals surface area contributed by atoms with Crippen LogP contribution in [0.15, 0.2) is 0 Å². The lowest BCUT2D eigenvalue weighted by Crippen LogP contribution is -2.45. The van der Waals surface area contributed by atoms with E-state index in [1.165, 1.54) is 0 Å². The molecule has 9 heavy (non-hydrogen) atoms. The van der Waals surface area contributed by atoms with Gasteiger partial charge in [-0.25, -0.2) is 0 Å². The summed E-state index contributed by atoms with van der Waals surface area (Å²) < 4.78 is 0. The Morgan fingerprint density at radius 3 is 2.33 bits per heavy atom. The maximum atomic E-state index is 6.90. The van der Waals surface area contributed by atoms with Gasteiger partial charge in [-0.1, -0.05) is 0 Å². The Labute approximate surface area is 52.6 Å². The fourth-order valence-electron chi connectivity index (χ4n) is 0.281. The molecule has 0 rings (SSSR count). The highest BCUT2D eigenvalue weighted by Crippen LogP contribution is 1.53. The molecule has 8 N–H and O–H groups in total. The van der Waals surface area contributed by atoms with Gasteiger partial charge in [-0.3, -0.25) is 16.1 Å². The van der Waals surface area contributed by atoms with Crippen molar-refractivity contribution in [3.8, 4) is 0 Å². The topological polar surface area (TPSA) is 124 Å². The molecule has 0 fully saturated rings. The van der Waals surface area contributed by atoms with E-state index in [-0.39, 0.29) is 18.6 Å². The van der Waals surface area contributed by atoms with Crippen molar-refractivity contribution in [2.75, 3.05) is 6.67 Å². The number of guanidine groups is 2. The lowest BCUT2D eigenvalue weighted by molar-refractivity contribution is 0.889. The second-order valence-electron chi connectivity index (χ2n) is 1.29. The molecule has 0 aromatic rings. The van der Waals surface area contributed by atoms with E-state index in [4.69, 9.17) is 22.3 Å². The highest BCUT2D eigenvalue weighted by atomic mass is 15.2. The Bertz CT molecular complexity index is 117. The molecule has 0 radical (unpaired) electrons. The molecule has 52 valence electrons. The predicted molar refractivity (Wildman–Crippen MR) is 35.0 cm³/mol. The standard InChI is InChI=1S/C3H10N6/c4-1-8-3(7)9-2(5)6/h1,4H2,(H6,5,6,7,8,9). The van der Waals surface area contributed by atoms with Crippen LogP contribution in [0, 0.1) is 10.8 Å². The van der Waals surface area contributed by atoms with Crippen molar-refractivity contribution in [2.24, 2.45) is 11.5 Å². The molecule has 0 aliphatic rings. The Morgan fingerprint density at radius 1 is 1.44 bits per heavy atom. The van der Waals surface area contributed by atoms with Gasteiger partial charge in [0.15, 0.2) is 11.9 Å². The second kappa shape index (κ2) is 3.67. The molecule has 0 aliphatic carbocycles. The minimum absolute atomic E-state index is 0.0648. The summed E-state index contributed by atoms with van der Waals surface area (Å²) in [5.74, 6) is -0.342. The number of hydrogen-bond donors (Lipinski definition) is 6. The van der Waals surface area contributed by atoms with Crippen LogP contribution in [0.25, 0.3) is 0 Å². The summed E-state index contributed by atoms with van der Waals surface area (Å²) in [6.45, 7) is 0.152. The van der Waals surface area contributed by atoms with Crippen molar-refractivity contribution >= 4 is 11.9 Å². The van der Waals surface area contributed by atoms with Gasteiger partial charge >= 0.3 is 0 Å². The van der Waals surface area contributed by atoms with E-state index in [9.17, 15) is 0 Å². The molecule has 6 nitrogen and oxygen atoms in total. The summed E-state index contributed by atoms with van der Waals surface area (Å²) in [4.78, 5) is 0. The third-order valence-electron chi connectivity index (χ3n) is 0.539. The van der Waals surface area contributed by atoms with Crippen LogP contribution >= 0.6 is 0 Å².